The Balaban J connectivity index is 1.83. The Labute approximate surface area is 126 Å². The lowest BCUT2D eigenvalue weighted by Gasteiger charge is -2.07. The number of nitrogens with two attached hydrogens (primary N) is 1. The fourth-order valence-electron chi connectivity index (χ4n) is 2.56. The molecule has 1 aliphatic rings. The number of nitrogens with zero attached hydrogens (tertiary/aromatic N) is 4. The zero-order chi connectivity index (χ0) is 15.1. The van der Waals surface area contributed by atoms with Gasteiger partial charge in [0.25, 0.3) is 0 Å². The summed E-state index contributed by atoms with van der Waals surface area (Å²) in [5.41, 5.74) is 10.0. The summed E-state index contributed by atoms with van der Waals surface area (Å²) in [6, 6.07) is 8.13. The van der Waals surface area contributed by atoms with Crippen molar-refractivity contribution < 1.29 is 0 Å². The number of fused-ring (bicyclic) bond motifs is 1. The van der Waals surface area contributed by atoms with Gasteiger partial charge >= 0.3 is 0 Å². The van der Waals surface area contributed by atoms with E-state index < -0.39 is 0 Å². The highest BCUT2D eigenvalue weighted by molar-refractivity contribution is 5.93. The predicted octanol–water partition coefficient (Wildman–Crippen LogP) is 2.38. The van der Waals surface area contributed by atoms with E-state index in [1.54, 1.807) is 0 Å². The van der Waals surface area contributed by atoms with E-state index in [9.17, 15) is 0 Å². The standard InChI is InChI=1S/C16H14N6/c1-9-19-16(22-21-9)13-6-11-3-2-10(12-4-5-18-8-12)7-14(11)20-15(13)17/h2-7H,8H2,1H3,(H2,17,20)(H,19,21,22). The summed E-state index contributed by atoms with van der Waals surface area (Å²) in [6.07, 6.45) is 3.85. The molecule has 0 bridgehead atoms. The molecule has 2 aromatic heterocycles. The van der Waals surface area contributed by atoms with Crippen LogP contribution in [0.4, 0.5) is 5.82 Å². The molecule has 6 nitrogen and oxygen atoms in total. The molecule has 0 amide bonds. The smallest absolute Gasteiger partial charge is 0.184 e. The molecule has 4 rings (SSSR count). The van der Waals surface area contributed by atoms with Gasteiger partial charge in [0.05, 0.1) is 17.6 Å². The molecule has 0 saturated heterocycles. The van der Waals surface area contributed by atoms with Gasteiger partial charge in [-0.05, 0) is 36.3 Å². The molecule has 1 aromatic carbocycles. The molecule has 3 aromatic rings. The zero-order valence-electron chi connectivity index (χ0n) is 12.0. The number of aromatic amines is 1. The molecule has 0 aliphatic carbocycles. The van der Waals surface area contributed by atoms with E-state index >= 15 is 0 Å². The largest absolute Gasteiger partial charge is 0.383 e. The topological polar surface area (TPSA) is 92.8 Å². The third-order valence-corrected chi connectivity index (χ3v) is 3.70. The Hall–Kier alpha value is -3.02. The van der Waals surface area contributed by atoms with Gasteiger partial charge < -0.3 is 5.73 Å². The van der Waals surface area contributed by atoms with Gasteiger partial charge in [-0.25, -0.2) is 9.97 Å². The minimum absolute atomic E-state index is 0.431. The second-order valence-electron chi connectivity index (χ2n) is 5.25. The first-order chi connectivity index (χ1) is 10.7. The van der Waals surface area contributed by atoms with Gasteiger partial charge in [-0.2, -0.15) is 5.10 Å². The number of hydrogen-bond donors (Lipinski definition) is 2. The molecule has 22 heavy (non-hydrogen) atoms. The molecule has 108 valence electrons. The van der Waals surface area contributed by atoms with Crippen molar-refractivity contribution in [1.82, 2.24) is 20.2 Å². The Bertz CT molecular complexity index is 935. The van der Waals surface area contributed by atoms with Crippen molar-refractivity contribution >= 4 is 28.5 Å². The third kappa shape index (κ3) is 2.05. The zero-order valence-corrected chi connectivity index (χ0v) is 12.0. The van der Waals surface area contributed by atoms with Gasteiger partial charge in [-0.1, -0.05) is 12.1 Å². The summed E-state index contributed by atoms with van der Waals surface area (Å²) >= 11 is 0. The maximum atomic E-state index is 6.09. The highest BCUT2D eigenvalue weighted by atomic mass is 15.2. The first-order valence-electron chi connectivity index (χ1n) is 7.00. The minimum Gasteiger partial charge on any atom is -0.383 e. The normalized spacial score (nSPS) is 13.8. The number of hydrogen-bond acceptors (Lipinski definition) is 5. The number of anilines is 1. The molecular formula is C16H14N6. The van der Waals surface area contributed by atoms with E-state index in [-0.39, 0.29) is 0 Å². The van der Waals surface area contributed by atoms with Crippen LogP contribution in [0.25, 0.3) is 27.9 Å². The summed E-state index contributed by atoms with van der Waals surface area (Å²) in [5.74, 6) is 1.75. The van der Waals surface area contributed by atoms with Crippen LogP contribution in [-0.4, -0.2) is 32.9 Å². The highest BCUT2D eigenvalue weighted by Gasteiger charge is 2.12. The molecule has 0 radical (unpaired) electrons. The second-order valence-corrected chi connectivity index (χ2v) is 5.25. The monoisotopic (exact) mass is 290 g/mol. The average Bonchev–Trinajstić information content (AvgIpc) is 3.17. The Morgan fingerprint density at radius 2 is 2.09 bits per heavy atom. The number of pyridine rings is 1. The summed E-state index contributed by atoms with van der Waals surface area (Å²) in [5, 5.41) is 7.98. The van der Waals surface area contributed by atoms with Gasteiger partial charge in [-0.15, -0.1) is 0 Å². The number of nitrogen functional groups attached to an aromatic ring is 1. The van der Waals surface area contributed by atoms with E-state index in [4.69, 9.17) is 5.73 Å². The molecule has 6 heteroatoms. The van der Waals surface area contributed by atoms with E-state index in [0.717, 1.165) is 34.4 Å². The van der Waals surface area contributed by atoms with Crippen molar-refractivity contribution in [2.45, 2.75) is 6.92 Å². The number of benzene rings is 1. The number of H-pyrrole nitrogens is 1. The van der Waals surface area contributed by atoms with Crippen molar-refractivity contribution in [3.8, 4) is 11.4 Å². The molecule has 0 atom stereocenters. The van der Waals surface area contributed by atoms with Crippen molar-refractivity contribution in [2.75, 3.05) is 12.3 Å². The van der Waals surface area contributed by atoms with E-state index in [0.29, 0.717) is 11.6 Å². The fourth-order valence-corrected chi connectivity index (χ4v) is 2.56. The summed E-state index contributed by atoms with van der Waals surface area (Å²) in [6.45, 7) is 2.57. The maximum absolute atomic E-state index is 6.09. The van der Waals surface area contributed by atoms with Crippen LogP contribution in [0.2, 0.25) is 0 Å². The van der Waals surface area contributed by atoms with Gasteiger partial charge in [0.1, 0.15) is 11.6 Å². The molecule has 0 saturated carbocycles. The lowest BCUT2D eigenvalue weighted by molar-refractivity contribution is 1.04. The maximum Gasteiger partial charge on any atom is 0.184 e. The Kier molecular flexibility index (Phi) is 2.75. The van der Waals surface area contributed by atoms with Crippen molar-refractivity contribution in [2.24, 2.45) is 4.99 Å². The van der Waals surface area contributed by atoms with Crippen LogP contribution in [0.5, 0.6) is 0 Å². The number of aromatic nitrogens is 4. The van der Waals surface area contributed by atoms with Crippen molar-refractivity contribution in [1.29, 1.82) is 0 Å². The molecule has 3 N–H and O–H groups in total. The van der Waals surface area contributed by atoms with Crippen LogP contribution in [-0.2, 0) is 0 Å². The van der Waals surface area contributed by atoms with Crippen LogP contribution >= 0.6 is 0 Å². The fraction of sp³-hybridized carbons (Fsp3) is 0.125. The minimum atomic E-state index is 0.431. The first-order valence-corrected chi connectivity index (χ1v) is 7.00. The summed E-state index contributed by atoms with van der Waals surface area (Å²) in [7, 11) is 0. The Morgan fingerprint density at radius 3 is 2.82 bits per heavy atom. The molecule has 0 spiro atoms. The third-order valence-electron chi connectivity index (χ3n) is 3.70. The lowest BCUT2D eigenvalue weighted by atomic mass is 10.0. The predicted molar refractivity (Wildman–Crippen MR) is 87.6 cm³/mol. The molecule has 3 heterocycles. The number of rotatable bonds is 2. The summed E-state index contributed by atoms with van der Waals surface area (Å²) in [4.78, 5) is 13.0. The first kappa shape index (κ1) is 12.7. The van der Waals surface area contributed by atoms with E-state index in [2.05, 4.69) is 31.2 Å². The van der Waals surface area contributed by atoms with Gasteiger partial charge in [0, 0.05) is 11.6 Å². The molecule has 0 fully saturated rings. The quantitative estimate of drug-likeness (QED) is 0.757. The van der Waals surface area contributed by atoms with Gasteiger partial charge in [0.2, 0.25) is 0 Å². The summed E-state index contributed by atoms with van der Waals surface area (Å²) < 4.78 is 0. The number of allylic oxidation sites excluding steroid dienone is 1. The van der Waals surface area contributed by atoms with E-state index in [1.807, 2.05) is 37.4 Å². The lowest BCUT2D eigenvalue weighted by Crippen LogP contribution is -1.97. The molecular weight excluding hydrogens is 276 g/mol. The average molecular weight is 290 g/mol. The number of aryl methyl sites for hydroxylation is 1. The van der Waals surface area contributed by atoms with Crippen LogP contribution in [0.3, 0.4) is 0 Å². The van der Waals surface area contributed by atoms with Crippen molar-refractivity contribution in [3.05, 3.63) is 41.7 Å². The molecule has 0 unspecified atom stereocenters. The highest BCUT2D eigenvalue weighted by Crippen LogP contribution is 2.28. The van der Waals surface area contributed by atoms with Crippen LogP contribution in [0.15, 0.2) is 35.3 Å². The van der Waals surface area contributed by atoms with Gasteiger partial charge in [0.15, 0.2) is 5.82 Å². The van der Waals surface area contributed by atoms with E-state index in [1.165, 1.54) is 5.57 Å². The number of nitrogens with one attached hydrogen (secondary N) is 1. The Morgan fingerprint density at radius 1 is 1.18 bits per heavy atom. The number of aliphatic imine (C=N–C) groups is 1. The SMILES string of the molecule is Cc1nc(-c2cc3ccc(C4=CC=NC4)cc3nc2N)n[nH]1. The van der Waals surface area contributed by atoms with Crippen LogP contribution in [0.1, 0.15) is 11.4 Å². The van der Waals surface area contributed by atoms with Crippen LogP contribution < -0.4 is 5.73 Å². The molecule has 1 aliphatic heterocycles. The van der Waals surface area contributed by atoms with Crippen molar-refractivity contribution in [3.63, 3.8) is 0 Å². The van der Waals surface area contributed by atoms with Gasteiger partial charge in [-0.3, -0.25) is 10.1 Å². The second kappa shape index (κ2) is 4.77. The van der Waals surface area contributed by atoms with Crippen LogP contribution in [0, 0.1) is 6.92 Å².